The Morgan fingerprint density at radius 2 is 1.94 bits per heavy atom. The van der Waals surface area contributed by atoms with Crippen molar-refractivity contribution in [1.29, 1.82) is 0 Å². The van der Waals surface area contributed by atoms with Gasteiger partial charge in [-0.15, -0.1) is 0 Å². The minimum absolute atomic E-state index is 0.125. The Morgan fingerprint density at radius 1 is 1.35 bits per heavy atom. The Kier molecular flexibility index (Phi) is 2.26. The van der Waals surface area contributed by atoms with Crippen LogP contribution in [0.1, 0.15) is 33.4 Å². The summed E-state index contributed by atoms with van der Waals surface area (Å²) in [6.07, 6.45) is 3.10. The molecule has 1 aromatic rings. The number of aromatic nitrogens is 2. The van der Waals surface area contributed by atoms with Crippen molar-refractivity contribution in [2.75, 3.05) is 0 Å². The Morgan fingerprint density at radius 3 is 2.29 bits per heavy atom. The third kappa shape index (κ3) is 1.30. The van der Waals surface area contributed by atoms with Crippen molar-refractivity contribution in [1.82, 2.24) is 14.6 Å². The Bertz CT molecular complexity index is 487. The second-order valence-electron chi connectivity index (χ2n) is 5.42. The molecule has 0 aliphatic carbocycles. The quantitative estimate of drug-likeness (QED) is 0.538. The van der Waals surface area contributed by atoms with Gasteiger partial charge in [0.2, 0.25) is 0 Å². The van der Waals surface area contributed by atoms with Crippen LogP contribution < -0.4 is 0 Å². The van der Waals surface area contributed by atoms with E-state index in [1.807, 2.05) is 0 Å². The van der Waals surface area contributed by atoms with Crippen LogP contribution in [-0.2, 0) is 12.3 Å². The van der Waals surface area contributed by atoms with Gasteiger partial charge >= 0.3 is 5.84 Å². The second kappa shape index (κ2) is 3.22. The second-order valence-corrected chi connectivity index (χ2v) is 5.42. The van der Waals surface area contributed by atoms with Gasteiger partial charge in [-0.25, -0.2) is 4.98 Å². The van der Waals surface area contributed by atoms with E-state index in [2.05, 4.69) is 4.98 Å². The molecule has 0 saturated carbocycles. The highest BCUT2D eigenvalue weighted by Crippen LogP contribution is 2.37. The number of hydrogen-bond donors (Lipinski definition) is 0. The number of nitrogens with zero attached hydrogens (tertiary/aromatic N) is 4. The molecule has 6 nitrogen and oxygen atoms in total. The lowest BCUT2D eigenvalue weighted by Crippen LogP contribution is -2.53. The molecule has 0 fully saturated rings. The van der Waals surface area contributed by atoms with Gasteiger partial charge in [0.1, 0.15) is 5.54 Å². The first kappa shape index (κ1) is 11.9. The maximum Gasteiger partial charge on any atom is 0.335 e. The molecule has 0 saturated heterocycles. The Balaban J connectivity index is 2.63. The van der Waals surface area contributed by atoms with Gasteiger partial charge in [0.15, 0.2) is 11.2 Å². The molecular weight excluding hydrogens is 220 g/mol. The molecule has 0 N–H and O–H groups in total. The van der Waals surface area contributed by atoms with Crippen LogP contribution in [0.25, 0.3) is 0 Å². The zero-order chi connectivity index (χ0) is 13.0. The monoisotopic (exact) mass is 237 g/mol. The standard InChI is InChI=1S/C11H17N4O2/c1-10(2)11(3,4)15(17)9(14(10)16)8-6-12-7-13(8)5/h6-7H,1-5H3. The van der Waals surface area contributed by atoms with Gasteiger partial charge in [-0.2, -0.15) is 0 Å². The maximum absolute atomic E-state index is 12.3. The zero-order valence-corrected chi connectivity index (χ0v) is 10.8. The summed E-state index contributed by atoms with van der Waals surface area (Å²) in [7, 11) is 1.76. The predicted molar refractivity (Wildman–Crippen MR) is 61.6 cm³/mol. The van der Waals surface area contributed by atoms with Crippen LogP contribution in [0, 0.1) is 5.21 Å². The van der Waals surface area contributed by atoms with Crippen LogP contribution in [0.2, 0.25) is 0 Å². The van der Waals surface area contributed by atoms with E-state index in [1.54, 1.807) is 45.6 Å². The minimum atomic E-state index is -0.783. The molecule has 93 valence electrons. The van der Waals surface area contributed by atoms with E-state index in [1.165, 1.54) is 6.20 Å². The summed E-state index contributed by atoms with van der Waals surface area (Å²) >= 11 is 0. The summed E-state index contributed by atoms with van der Waals surface area (Å²) < 4.78 is 2.46. The van der Waals surface area contributed by atoms with E-state index in [-0.39, 0.29) is 5.84 Å². The fraction of sp³-hybridized carbons (Fsp3) is 0.636. The van der Waals surface area contributed by atoms with Crippen molar-refractivity contribution in [3.05, 3.63) is 23.4 Å². The van der Waals surface area contributed by atoms with Crippen molar-refractivity contribution in [2.45, 2.75) is 38.8 Å². The van der Waals surface area contributed by atoms with Gasteiger partial charge in [-0.3, -0.25) is 4.74 Å². The fourth-order valence-corrected chi connectivity index (χ4v) is 1.89. The third-order valence-corrected chi connectivity index (χ3v) is 3.94. The molecule has 17 heavy (non-hydrogen) atoms. The summed E-state index contributed by atoms with van der Waals surface area (Å²) in [5.74, 6) is 0.125. The number of aryl methyl sites for hydroxylation is 1. The van der Waals surface area contributed by atoms with Crippen molar-refractivity contribution < 1.29 is 9.95 Å². The third-order valence-electron chi connectivity index (χ3n) is 3.94. The average molecular weight is 237 g/mol. The first-order valence-electron chi connectivity index (χ1n) is 5.49. The zero-order valence-electron chi connectivity index (χ0n) is 10.8. The van der Waals surface area contributed by atoms with Crippen molar-refractivity contribution in [3.8, 4) is 0 Å². The maximum atomic E-state index is 12.3. The molecule has 0 spiro atoms. The molecule has 1 aliphatic heterocycles. The lowest BCUT2D eigenvalue weighted by Gasteiger charge is -2.32. The van der Waals surface area contributed by atoms with Crippen molar-refractivity contribution in [3.63, 3.8) is 0 Å². The summed E-state index contributed by atoms with van der Waals surface area (Å²) in [6, 6.07) is 0. The normalized spacial score (nSPS) is 22.4. The number of amidine groups is 1. The average Bonchev–Trinajstić information content (AvgIpc) is 2.68. The van der Waals surface area contributed by atoms with E-state index >= 15 is 0 Å². The molecule has 1 radical (unpaired) electrons. The number of hydrogen-bond acceptors (Lipinski definition) is 3. The molecule has 2 rings (SSSR count). The lowest BCUT2D eigenvalue weighted by atomic mass is 9.84. The molecule has 0 aromatic carbocycles. The first-order valence-corrected chi connectivity index (χ1v) is 5.49. The highest BCUT2D eigenvalue weighted by atomic mass is 16.5. The topological polar surface area (TPSA) is 67.0 Å². The summed E-state index contributed by atoms with van der Waals surface area (Å²) in [6.45, 7) is 7.09. The van der Waals surface area contributed by atoms with Crippen LogP contribution in [-0.4, -0.2) is 36.3 Å². The SMILES string of the molecule is Cn1cncc1C1=[N+]([O-])C(C)(C)C(C)(C)N1[O]. The molecule has 2 heterocycles. The van der Waals surface area contributed by atoms with Crippen LogP contribution >= 0.6 is 0 Å². The number of imidazole rings is 1. The van der Waals surface area contributed by atoms with E-state index in [0.717, 1.165) is 9.80 Å². The highest BCUT2D eigenvalue weighted by Gasteiger charge is 2.60. The molecule has 0 atom stereocenters. The van der Waals surface area contributed by atoms with Crippen LogP contribution in [0.15, 0.2) is 12.5 Å². The van der Waals surface area contributed by atoms with E-state index in [0.29, 0.717) is 5.69 Å². The summed E-state index contributed by atoms with van der Waals surface area (Å²) in [5.41, 5.74) is -1.03. The van der Waals surface area contributed by atoms with Crippen LogP contribution in [0.4, 0.5) is 0 Å². The Hall–Kier alpha value is -1.56. The summed E-state index contributed by atoms with van der Waals surface area (Å²) in [4.78, 5) is 3.94. The van der Waals surface area contributed by atoms with Gasteiger partial charge < -0.3 is 9.77 Å². The fourth-order valence-electron chi connectivity index (χ4n) is 1.89. The lowest BCUT2D eigenvalue weighted by molar-refractivity contribution is -0.539. The van der Waals surface area contributed by atoms with Gasteiger partial charge in [-0.1, -0.05) is 5.06 Å². The molecule has 0 amide bonds. The first-order chi connectivity index (χ1) is 7.71. The van der Waals surface area contributed by atoms with E-state index < -0.39 is 11.1 Å². The van der Waals surface area contributed by atoms with Crippen LogP contribution in [0.3, 0.4) is 0 Å². The number of hydroxylamine groups is 3. The molecule has 1 aromatic heterocycles. The van der Waals surface area contributed by atoms with Crippen LogP contribution in [0.5, 0.6) is 0 Å². The van der Waals surface area contributed by atoms with Gasteiger partial charge in [0.25, 0.3) is 0 Å². The van der Waals surface area contributed by atoms with Crippen molar-refractivity contribution in [2.24, 2.45) is 7.05 Å². The molecule has 1 aliphatic rings. The van der Waals surface area contributed by atoms with Gasteiger partial charge in [0, 0.05) is 12.3 Å². The number of rotatable bonds is 1. The molecule has 0 unspecified atom stereocenters. The van der Waals surface area contributed by atoms with E-state index in [4.69, 9.17) is 0 Å². The summed E-state index contributed by atoms with van der Waals surface area (Å²) in [5, 5.41) is 25.4. The molecule has 6 heteroatoms. The van der Waals surface area contributed by atoms with E-state index in [9.17, 15) is 10.4 Å². The molecule has 0 bridgehead atoms. The highest BCUT2D eigenvalue weighted by molar-refractivity contribution is 5.94. The smallest absolute Gasteiger partial charge is 0.335 e. The van der Waals surface area contributed by atoms with Gasteiger partial charge in [-0.05, 0) is 27.7 Å². The minimum Gasteiger partial charge on any atom is -0.714 e. The largest absolute Gasteiger partial charge is 0.714 e. The molecular formula is C11H17N4O2. The Labute approximate surface area is 100 Å². The van der Waals surface area contributed by atoms with Crippen molar-refractivity contribution >= 4 is 5.84 Å². The predicted octanol–water partition coefficient (Wildman–Crippen LogP) is 0.895. The van der Waals surface area contributed by atoms with Gasteiger partial charge in [0.05, 0.1) is 12.5 Å².